The van der Waals surface area contributed by atoms with Crippen LogP contribution in [0.5, 0.6) is 10.9 Å². The molecule has 4 rings (SSSR count). The van der Waals surface area contributed by atoms with Crippen molar-refractivity contribution in [3.05, 3.63) is 54.1 Å². The quantitative estimate of drug-likeness (QED) is 0.631. The topological polar surface area (TPSA) is 72.5 Å². The van der Waals surface area contributed by atoms with Crippen LogP contribution < -0.4 is 15.4 Å². The molecule has 1 aliphatic heterocycles. The summed E-state index contributed by atoms with van der Waals surface area (Å²) in [5.41, 5.74) is 2.10. The van der Waals surface area contributed by atoms with Crippen LogP contribution >= 0.6 is 11.3 Å². The Morgan fingerprint density at radius 1 is 1.21 bits per heavy atom. The number of para-hydroxylation sites is 1. The van der Waals surface area contributed by atoms with Crippen molar-refractivity contribution in [3.63, 3.8) is 0 Å². The van der Waals surface area contributed by atoms with Crippen molar-refractivity contribution in [3.8, 4) is 10.9 Å². The molecule has 1 unspecified atom stereocenters. The van der Waals surface area contributed by atoms with Gasteiger partial charge in [0.25, 0.3) is 5.19 Å². The van der Waals surface area contributed by atoms with Crippen LogP contribution in [0.4, 0.5) is 4.79 Å². The van der Waals surface area contributed by atoms with Gasteiger partial charge in [0, 0.05) is 6.04 Å². The second-order valence-electron chi connectivity index (χ2n) is 7.23. The monoisotopic (exact) mass is 411 g/mol. The molecule has 1 amide bonds. The lowest BCUT2D eigenvalue weighted by molar-refractivity contribution is 0.158. The number of ether oxygens (including phenoxy) is 2. The van der Waals surface area contributed by atoms with Gasteiger partial charge in [-0.2, -0.15) is 0 Å². The highest BCUT2D eigenvalue weighted by molar-refractivity contribution is 7.20. The van der Waals surface area contributed by atoms with Gasteiger partial charge in [-0.05, 0) is 68.1 Å². The number of amides is 1. The Labute approximate surface area is 174 Å². The number of hydrogen-bond donors (Lipinski definition) is 2. The lowest BCUT2D eigenvalue weighted by Crippen LogP contribution is -2.45. The number of nitrogens with zero attached hydrogens (tertiary/aromatic N) is 1. The molecule has 1 aromatic heterocycles. The predicted octanol–water partition coefficient (Wildman–Crippen LogP) is 4.36. The summed E-state index contributed by atoms with van der Waals surface area (Å²) >= 11 is 1.53. The first-order valence-corrected chi connectivity index (χ1v) is 10.7. The molecule has 29 heavy (non-hydrogen) atoms. The van der Waals surface area contributed by atoms with E-state index in [0.717, 1.165) is 53.9 Å². The number of nitrogens with one attached hydrogen (secondary N) is 2. The molecule has 0 aliphatic carbocycles. The number of carbonyl (C=O) groups excluding carboxylic acids is 1. The third kappa shape index (κ3) is 5.05. The number of fused-ring (bicyclic) bond motifs is 1. The van der Waals surface area contributed by atoms with E-state index in [2.05, 4.69) is 27.8 Å². The Morgan fingerprint density at radius 2 is 1.97 bits per heavy atom. The van der Waals surface area contributed by atoms with Crippen molar-refractivity contribution in [1.82, 2.24) is 15.6 Å². The Morgan fingerprint density at radius 3 is 2.69 bits per heavy atom. The second-order valence-corrected chi connectivity index (χ2v) is 8.22. The zero-order valence-electron chi connectivity index (χ0n) is 16.4. The highest BCUT2D eigenvalue weighted by atomic mass is 32.1. The van der Waals surface area contributed by atoms with E-state index in [9.17, 15) is 4.79 Å². The van der Waals surface area contributed by atoms with Gasteiger partial charge in [0.15, 0.2) is 0 Å². The maximum Gasteiger partial charge on any atom is 0.407 e. The van der Waals surface area contributed by atoms with Crippen molar-refractivity contribution in [1.29, 1.82) is 0 Å². The summed E-state index contributed by atoms with van der Waals surface area (Å²) < 4.78 is 11.9. The summed E-state index contributed by atoms with van der Waals surface area (Å²) in [6.45, 7) is 1.97. The number of methoxy groups -OCH3 is 1. The summed E-state index contributed by atoms with van der Waals surface area (Å²) in [7, 11) is 1.41. The van der Waals surface area contributed by atoms with Crippen molar-refractivity contribution in [2.45, 2.75) is 25.3 Å². The van der Waals surface area contributed by atoms with E-state index in [1.54, 1.807) is 0 Å². The lowest BCUT2D eigenvalue weighted by atomic mass is 9.86. The molecule has 0 saturated carbocycles. The minimum absolute atomic E-state index is 0.0561. The largest absolute Gasteiger partial charge is 0.453 e. The molecule has 1 aliphatic rings. The molecule has 0 bridgehead atoms. The number of carbonyl (C=O) groups is 1. The fourth-order valence-corrected chi connectivity index (χ4v) is 4.57. The molecule has 3 aromatic rings. The number of alkyl carbamates (subject to hydrolysis) is 1. The minimum Gasteiger partial charge on any atom is -0.453 e. The van der Waals surface area contributed by atoms with Crippen LogP contribution in [0.15, 0.2) is 48.5 Å². The molecule has 0 spiro atoms. The highest BCUT2D eigenvalue weighted by Crippen LogP contribution is 2.31. The maximum absolute atomic E-state index is 11.8. The van der Waals surface area contributed by atoms with Crippen LogP contribution in [-0.4, -0.2) is 37.3 Å². The van der Waals surface area contributed by atoms with Crippen molar-refractivity contribution in [2.75, 3.05) is 20.2 Å². The minimum atomic E-state index is -0.371. The summed E-state index contributed by atoms with van der Waals surface area (Å²) in [5.74, 6) is 1.20. The van der Waals surface area contributed by atoms with E-state index in [0.29, 0.717) is 11.1 Å². The van der Waals surface area contributed by atoms with Gasteiger partial charge in [0.1, 0.15) is 5.75 Å². The molecule has 7 heteroatoms. The van der Waals surface area contributed by atoms with Crippen LogP contribution in [0.25, 0.3) is 10.2 Å². The Balaban J connectivity index is 1.43. The molecule has 2 aromatic carbocycles. The number of rotatable bonds is 6. The van der Waals surface area contributed by atoms with Gasteiger partial charge in [-0.1, -0.05) is 35.6 Å². The van der Waals surface area contributed by atoms with E-state index >= 15 is 0 Å². The standard InChI is InChI=1S/C22H25N3O3S/c1-27-21(26)24-19(16-10-12-23-13-11-16)14-15-6-8-17(9-7-15)28-22-25-18-4-2-3-5-20(18)29-22/h2-9,16,19,23H,10-14H2,1H3,(H,24,26). The molecular weight excluding hydrogens is 386 g/mol. The fourth-order valence-electron chi connectivity index (χ4n) is 3.74. The Kier molecular flexibility index (Phi) is 6.27. The van der Waals surface area contributed by atoms with Crippen LogP contribution in [0.3, 0.4) is 0 Å². The van der Waals surface area contributed by atoms with Crippen molar-refractivity contribution >= 4 is 27.6 Å². The molecule has 1 atom stereocenters. The SMILES string of the molecule is COC(=O)NC(Cc1ccc(Oc2nc3ccccc3s2)cc1)C1CCNCC1. The molecule has 2 N–H and O–H groups in total. The van der Waals surface area contributed by atoms with Gasteiger partial charge in [-0.25, -0.2) is 9.78 Å². The van der Waals surface area contributed by atoms with E-state index in [-0.39, 0.29) is 12.1 Å². The summed E-state index contributed by atoms with van der Waals surface area (Å²) in [5, 5.41) is 7.04. The van der Waals surface area contributed by atoms with Crippen LogP contribution in [0, 0.1) is 5.92 Å². The smallest absolute Gasteiger partial charge is 0.407 e. The molecule has 152 valence electrons. The van der Waals surface area contributed by atoms with Crippen LogP contribution in [0.2, 0.25) is 0 Å². The van der Waals surface area contributed by atoms with Crippen molar-refractivity contribution in [2.24, 2.45) is 5.92 Å². The summed E-state index contributed by atoms with van der Waals surface area (Å²) in [6.07, 6.45) is 2.49. The zero-order valence-corrected chi connectivity index (χ0v) is 17.2. The first kappa shape index (κ1) is 19.7. The molecule has 2 heterocycles. The third-order valence-electron chi connectivity index (χ3n) is 5.30. The number of hydrogen-bond acceptors (Lipinski definition) is 6. The Bertz CT molecular complexity index is 918. The van der Waals surface area contributed by atoms with Crippen LogP contribution in [0.1, 0.15) is 18.4 Å². The molecular formula is C22H25N3O3S. The Hall–Kier alpha value is -2.64. The normalized spacial score (nSPS) is 15.8. The van der Waals surface area contributed by atoms with Gasteiger partial charge in [0.2, 0.25) is 0 Å². The van der Waals surface area contributed by atoms with Crippen LogP contribution in [-0.2, 0) is 11.2 Å². The molecule has 1 fully saturated rings. The molecule has 0 radical (unpaired) electrons. The number of piperidine rings is 1. The fraction of sp³-hybridized carbons (Fsp3) is 0.364. The number of aromatic nitrogens is 1. The van der Waals surface area contributed by atoms with Gasteiger partial charge < -0.3 is 20.1 Å². The van der Waals surface area contributed by atoms with E-state index in [1.165, 1.54) is 18.4 Å². The molecule has 1 saturated heterocycles. The lowest BCUT2D eigenvalue weighted by Gasteiger charge is -2.31. The predicted molar refractivity (Wildman–Crippen MR) is 115 cm³/mol. The second kappa shape index (κ2) is 9.24. The molecule has 6 nitrogen and oxygen atoms in total. The highest BCUT2D eigenvalue weighted by Gasteiger charge is 2.25. The van der Waals surface area contributed by atoms with E-state index < -0.39 is 0 Å². The first-order valence-electron chi connectivity index (χ1n) is 9.89. The van der Waals surface area contributed by atoms with E-state index in [1.807, 2.05) is 36.4 Å². The third-order valence-corrected chi connectivity index (χ3v) is 6.21. The average Bonchev–Trinajstić information content (AvgIpc) is 3.17. The van der Waals surface area contributed by atoms with E-state index in [4.69, 9.17) is 9.47 Å². The maximum atomic E-state index is 11.8. The summed E-state index contributed by atoms with van der Waals surface area (Å²) in [6, 6.07) is 16.1. The zero-order chi connectivity index (χ0) is 20.1. The number of benzene rings is 2. The van der Waals surface area contributed by atoms with Gasteiger partial charge in [-0.15, -0.1) is 0 Å². The number of thiazole rings is 1. The average molecular weight is 412 g/mol. The van der Waals surface area contributed by atoms with Gasteiger partial charge in [0.05, 0.1) is 17.3 Å². The van der Waals surface area contributed by atoms with Gasteiger partial charge in [-0.3, -0.25) is 0 Å². The first-order chi connectivity index (χ1) is 14.2. The van der Waals surface area contributed by atoms with Gasteiger partial charge >= 0.3 is 6.09 Å². The summed E-state index contributed by atoms with van der Waals surface area (Å²) in [4.78, 5) is 16.3. The van der Waals surface area contributed by atoms with Crippen molar-refractivity contribution < 1.29 is 14.3 Å².